The van der Waals surface area contributed by atoms with Crippen LogP contribution in [0.3, 0.4) is 0 Å². The number of carbonyl (C=O) groups is 2. The molecule has 6 nitrogen and oxygen atoms in total. The minimum absolute atomic E-state index is 0.407. The van der Waals surface area contributed by atoms with Gasteiger partial charge in [0.2, 0.25) is 5.91 Å². The zero-order valence-corrected chi connectivity index (χ0v) is 10.3. The monoisotopic (exact) mass is 264 g/mol. The summed E-state index contributed by atoms with van der Waals surface area (Å²) in [5.74, 6) is -1.65. The summed E-state index contributed by atoms with van der Waals surface area (Å²) >= 11 is 0. The van der Waals surface area contributed by atoms with Crippen LogP contribution in [0.2, 0.25) is 0 Å². The van der Waals surface area contributed by atoms with Crippen molar-refractivity contribution in [3.05, 3.63) is 35.4 Å². The molecule has 0 saturated heterocycles. The lowest BCUT2D eigenvalue weighted by atomic mass is 9.95. The second-order valence-electron chi connectivity index (χ2n) is 4.49. The number of rotatable bonds is 4. The number of hydrogen-bond donors (Lipinski definition) is 4. The van der Waals surface area contributed by atoms with E-state index in [-0.39, 0.29) is 0 Å². The molecule has 0 radical (unpaired) electrons. The minimum Gasteiger partial charge on any atom is -0.480 e. The molecular weight excluding hydrogens is 248 g/mol. The first-order valence-electron chi connectivity index (χ1n) is 6.06. The van der Waals surface area contributed by atoms with Crippen LogP contribution in [0, 0.1) is 0 Å². The number of benzene rings is 1. The van der Waals surface area contributed by atoms with Gasteiger partial charge in [0.15, 0.2) is 0 Å². The topological polar surface area (TPSA) is 98.7 Å². The number of aliphatic carboxylic acids is 1. The first-order valence-corrected chi connectivity index (χ1v) is 6.06. The third-order valence-electron chi connectivity index (χ3n) is 3.19. The van der Waals surface area contributed by atoms with Crippen molar-refractivity contribution in [1.82, 2.24) is 10.6 Å². The summed E-state index contributed by atoms with van der Waals surface area (Å²) in [5.41, 5.74) is 2.22. The van der Waals surface area contributed by atoms with E-state index in [0.717, 1.165) is 11.1 Å². The molecule has 0 bridgehead atoms. The van der Waals surface area contributed by atoms with Gasteiger partial charge in [-0.2, -0.15) is 0 Å². The van der Waals surface area contributed by atoms with E-state index in [1.807, 2.05) is 24.3 Å². The maximum atomic E-state index is 11.9. The normalized spacial score (nSPS) is 19.3. The highest BCUT2D eigenvalue weighted by Gasteiger charge is 2.27. The fraction of sp³-hybridized carbons (Fsp3) is 0.385. The summed E-state index contributed by atoms with van der Waals surface area (Å²) in [4.78, 5) is 22.7. The second-order valence-corrected chi connectivity index (χ2v) is 4.49. The quantitative estimate of drug-likeness (QED) is 0.574. The lowest BCUT2D eigenvalue weighted by Crippen LogP contribution is -2.53. The van der Waals surface area contributed by atoms with E-state index in [0.29, 0.717) is 13.0 Å². The highest BCUT2D eigenvalue weighted by atomic mass is 16.4. The van der Waals surface area contributed by atoms with Crippen molar-refractivity contribution < 1.29 is 19.8 Å². The zero-order valence-electron chi connectivity index (χ0n) is 10.3. The molecule has 0 aliphatic carbocycles. The molecule has 2 atom stereocenters. The number of nitrogens with one attached hydrogen (secondary N) is 2. The summed E-state index contributed by atoms with van der Waals surface area (Å²) in [7, 11) is 0. The van der Waals surface area contributed by atoms with Gasteiger partial charge in [0.1, 0.15) is 6.04 Å². The standard InChI is InChI=1S/C13H16N2O4/c16-7-11(13(18)19)15-12(17)10-5-8-3-1-2-4-9(8)6-14-10/h1-4,10-11,14,16H,5-7H2,(H,15,17)(H,18,19)/t10-,11-/m1/s1. The van der Waals surface area contributed by atoms with Crippen molar-refractivity contribution in [2.75, 3.05) is 6.61 Å². The lowest BCUT2D eigenvalue weighted by molar-refractivity contribution is -0.143. The van der Waals surface area contributed by atoms with Gasteiger partial charge in [-0.1, -0.05) is 24.3 Å². The molecule has 0 unspecified atom stereocenters. The average Bonchev–Trinajstić information content (AvgIpc) is 2.43. The van der Waals surface area contributed by atoms with Crippen LogP contribution < -0.4 is 10.6 Å². The fourth-order valence-electron chi connectivity index (χ4n) is 2.10. The summed E-state index contributed by atoms with van der Waals surface area (Å²) in [6, 6.07) is 6.07. The summed E-state index contributed by atoms with van der Waals surface area (Å²) in [6.45, 7) is -0.0461. The maximum Gasteiger partial charge on any atom is 0.328 e. The van der Waals surface area contributed by atoms with Crippen molar-refractivity contribution in [1.29, 1.82) is 0 Å². The number of fused-ring (bicyclic) bond motifs is 1. The number of carboxylic acids is 1. The number of amides is 1. The Bertz CT molecular complexity index is 489. The first-order chi connectivity index (χ1) is 9.11. The van der Waals surface area contributed by atoms with Crippen LogP contribution in [0.15, 0.2) is 24.3 Å². The van der Waals surface area contributed by atoms with Crippen molar-refractivity contribution in [2.24, 2.45) is 0 Å². The summed E-state index contributed by atoms with van der Waals surface area (Å²) < 4.78 is 0. The number of aliphatic hydroxyl groups excluding tert-OH is 1. The largest absolute Gasteiger partial charge is 0.480 e. The number of aliphatic hydroxyl groups is 1. The third kappa shape index (κ3) is 3.10. The Kier molecular flexibility index (Phi) is 4.13. The molecule has 2 rings (SSSR count). The first kappa shape index (κ1) is 13.5. The molecule has 0 saturated carbocycles. The minimum atomic E-state index is -1.26. The Balaban J connectivity index is 2.01. The second kappa shape index (κ2) is 5.81. The van der Waals surface area contributed by atoms with Crippen LogP contribution in [0.1, 0.15) is 11.1 Å². The Morgan fingerprint density at radius 2 is 2.05 bits per heavy atom. The van der Waals surface area contributed by atoms with Gasteiger partial charge in [0.25, 0.3) is 0 Å². The van der Waals surface area contributed by atoms with Gasteiger partial charge in [-0.15, -0.1) is 0 Å². The van der Waals surface area contributed by atoms with Crippen molar-refractivity contribution in [3.63, 3.8) is 0 Å². The summed E-state index contributed by atoms with van der Waals surface area (Å²) in [6.07, 6.45) is 0.514. The molecule has 0 aromatic heterocycles. The van der Waals surface area contributed by atoms with E-state index >= 15 is 0 Å². The van der Waals surface area contributed by atoms with Crippen LogP contribution in [0.5, 0.6) is 0 Å². The fourth-order valence-corrected chi connectivity index (χ4v) is 2.10. The van der Waals surface area contributed by atoms with E-state index in [1.165, 1.54) is 0 Å². The highest BCUT2D eigenvalue weighted by molar-refractivity contribution is 5.87. The van der Waals surface area contributed by atoms with Crippen LogP contribution >= 0.6 is 0 Å². The molecule has 4 N–H and O–H groups in total. The van der Waals surface area contributed by atoms with Crippen molar-refractivity contribution in [2.45, 2.75) is 25.0 Å². The summed E-state index contributed by atoms with van der Waals surface area (Å²) in [5, 5.41) is 23.0. The number of carbonyl (C=O) groups excluding carboxylic acids is 1. The predicted molar refractivity (Wildman–Crippen MR) is 67.4 cm³/mol. The number of hydrogen-bond acceptors (Lipinski definition) is 4. The molecule has 0 spiro atoms. The highest BCUT2D eigenvalue weighted by Crippen LogP contribution is 2.16. The molecule has 1 aliphatic rings. The molecular formula is C13H16N2O4. The van der Waals surface area contributed by atoms with E-state index in [2.05, 4.69) is 10.6 Å². The van der Waals surface area contributed by atoms with Crippen LogP contribution in [-0.2, 0) is 22.6 Å². The third-order valence-corrected chi connectivity index (χ3v) is 3.19. The van der Waals surface area contributed by atoms with Gasteiger partial charge in [-0.05, 0) is 17.5 Å². The van der Waals surface area contributed by atoms with E-state index in [4.69, 9.17) is 10.2 Å². The molecule has 1 aromatic carbocycles. The van der Waals surface area contributed by atoms with E-state index < -0.39 is 30.6 Å². The van der Waals surface area contributed by atoms with Crippen LogP contribution in [-0.4, -0.2) is 40.8 Å². The van der Waals surface area contributed by atoms with Gasteiger partial charge < -0.3 is 20.8 Å². The molecule has 1 heterocycles. The zero-order chi connectivity index (χ0) is 13.8. The molecule has 1 amide bonds. The smallest absolute Gasteiger partial charge is 0.328 e. The van der Waals surface area contributed by atoms with Gasteiger partial charge in [-0.3, -0.25) is 4.79 Å². The van der Waals surface area contributed by atoms with Crippen LogP contribution in [0.4, 0.5) is 0 Å². The van der Waals surface area contributed by atoms with Gasteiger partial charge in [0.05, 0.1) is 12.6 Å². The molecule has 0 fully saturated rings. The Labute approximate surface area is 110 Å². The average molecular weight is 264 g/mol. The van der Waals surface area contributed by atoms with E-state index in [1.54, 1.807) is 0 Å². The Hall–Kier alpha value is -1.92. The van der Waals surface area contributed by atoms with Gasteiger partial charge in [-0.25, -0.2) is 4.79 Å². The van der Waals surface area contributed by atoms with E-state index in [9.17, 15) is 9.59 Å². The molecule has 102 valence electrons. The molecule has 19 heavy (non-hydrogen) atoms. The predicted octanol–water partition coefficient (Wildman–Crippen LogP) is -0.737. The SMILES string of the molecule is O=C(O)[C@@H](CO)NC(=O)[C@H]1Cc2ccccc2CN1. The lowest BCUT2D eigenvalue weighted by Gasteiger charge is -2.26. The van der Waals surface area contributed by atoms with Crippen LogP contribution in [0.25, 0.3) is 0 Å². The van der Waals surface area contributed by atoms with Gasteiger partial charge in [0, 0.05) is 6.54 Å². The molecule has 6 heteroatoms. The Morgan fingerprint density at radius 1 is 1.37 bits per heavy atom. The maximum absolute atomic E-state index is 11.9. The van der Waals surface area contributed by atoms with Crippen molar-refractivity contribution in [3.8, 4) is 0 Å². The Morgan fingerprint density at radius 3 is 2.68 bits per heavy atom. The van der Waals surface area contributed by atoms with Gasteiger partial charge >= 0.3 is 5.97 Å². The number of carboxylic acid groups (broad SMARTS) is 1. The van der Waals surface area contributed by atoms with Crippen molar-refractivity contribution >= 4 is 11.9 Å². The molecule has 1 aliphatic heterocycles. The molecule has 1 aromatic rings.